The number of rotatable bonds is 34. The number of allylic oxidation sites excluding steroid dienone is 12. The van der Waals surface area contributed by atoms with E-state index in [4.69, 9.17) is 9.47 Å². The van der Waals surface area contributed by atoms with E-state index in [9.17, 15) is 14.7 Å². The quantitative estimate of drug-likeness (QED) is 0.0420. The van der Waals surface area contributed by atoms with E-state index >= 15 is 0 Å². The number of unbranched alkanes of at least 4 members (excludes halogenated alkanes) is 14. The summed E-state index contributed by atoms with van der Waals surface area (Å²) in [6, 6.07) is 0. The standard InChI is InChI=1S/C43H72O5/c1-3-5-7-9-11-13-15-17-19-20-21-22-24-26-28-30-32-34-36-38-43(46)48-41(39-44)40-47-42(45)37-35-33-31-29-27-25-23-18-16-14-12-10-8-6-4-2/h5,7,11,13,17-19,21-23,26,28,41,44H,3-4,6,8-10,12,14-16,20,24-25,27,29-40H2,1-2H3. The fourth-order valence-electron chi connectivity index (χ4n) is 5.04. The minimum Gasteiger partial charge on any atom is -0.462 e. The summed E-state index contributed by atoms with van der Waals surface area (Å²) >= 11 is 0. The van der Waals surface area contributed by atoms with Crippen LogP contribution in [0.4, 0.5) is 0 Å². The second-order valence-electron chi connectivity index (χ2n) is 12.6. The van der Waals surface area contributed by atoms with E-state index in [1.54, 1.807) is 0 Å². The van der Waals surface area contributed by atoms with E-state index in [2.05, 4.69) is 86.8 Å². The molecule has 0 aliphatic rings. The molecule has 0 aromatic carbocycles. The Morgan fingerprint density at radius 3 is 1.40 bits per heavy atom. The van der Waals surface area contributed by atoms with E-state index < -0.39 is 6.10 Å². The molecule has 0 aliphatic carbocycles. The monoisotopic (exact) mass is 669 g/mol. The van der Waals surface area contributed by atoms with E-state index in [1.807, 2.05) is 0 Å². The molecule has 0 aromatic heterocycles. The van der Waals surface area contributed by atoms with Gasteiger partial charge in [-0.05, 0) is 83.5 Å². The highest BCUT2D eigenvalue weighted by molar-refractivity contribution is 5.70. The van der Waals surface area contributed by atoms with Gasteiger partial charge in [-0.1, -0.05) is 145 Å². The van der Waals surface area contributed by atoms with Crippen molar-refractivity contribution in [2.24, 2.45) is 0 Å². The highest BCUT2D eigenvalue weighted by Gasteiger charge is 2.16. The zero-order valence-electron chi connectivity index (χ0n) is 31.0. The van der Waals surface area contributed by atoms with Crippen LogP contribution >= 0.6 is 0 Å². The normalized spacial score (nSPS) is 13.0. The van der Waals surface area contributed by atoms with Gasteiger partial charge < -0.3 is 14.6 Å². The molecular weight excluding hydrogens is 596 g/mol. The first kappa shape index (κ1) is 45.3. The average Bonchev–Trinajstić information content (AvgIpc) is 3.09. The molecule has 5 heteroatoms. The van der Waals surface area contributed by atoms with Gasteiger partial charge in [0.2, 0.25) is 0 Å². The minimum atomic E-state index is -0.795. The van der Waals surface area contributed by atoms with Crippen molar-refractivity contribution < 1.29 is 24.2 Å². The number of hydrogen-bond donors (Lipinski definition) is 1. The summed E-state index contributed by atoms with van der Waals surface area (Å²) in [5, 5.41) is 9.55. The smallest absolute Gasteiger partial charge is 0.306 e. The summed E-state index contributed by atoms with van der Waals surface area (Å²) in [6.07, 6.45) is 51.0. The van der Waals surface area contributed by atoms with Crippen LogP contribution in [0.3, 0.4) is 0 Å². The van der Waals surface area contributed by atoms with Crippen molar-refractivity contribution in [1.82, 2.24) is 0 Å². The lowest BCUT2D eigenvalue weighted by molar-refractivity contribution is -0.161. The number of ether oxygens (including phenoxy) is 2. The Morgan fingerprint density at radius 2 is 0.896 bits per heavy atom. The molecule has 1 atom stereocenters. The Kier molecular flexibility index (Phi) is 36.6. The van der Waals surface area contributed by atoms with Crippen LogP contribution in [0.1, 0.15) is 168 Å². The van der Waals surface area contributed by atoms with Crippen molar-refractivity contribution >= 4 is 11.9 Å². The van der Waals surface area contributed by atoms with Gasteiger partial charge in [0.05, 0.1) is 6.61 Å². The molecule has 274 valence electrons. The number of aliphatic hydroxyl groups is 1. The maximum Gasteiger partial charge on any atom is 0.306 e. The van der Waals surface area contributed by atoms with Crippen LogP contribution in [-0.2, 0) is 19.1 Å². The van der Waals surface area contributed by atoms with Crippen molar-refractivity contribution in [3.63, 3.8) is 0 Å². The second-order valence-corrected chi connectivity index (χ2v) is 12.6. The maximum absolute atomic E-state index is 12.2. The lowest BCUT2D eigenvalue weighted by Gasteiger charge is -2.15. The van der Waals surface area contributed by atoms with Crippen molar-refractivity contribution in [1.29, 1.82) is 0 Å². The predicted molar refractivity (Wildman–Crippen MR) is 205 cm³/mol. The Hall–Kier alpha value is -2.66. The van der Waals surface area contributed by atoms with E-state index in [1.165, 1.54) is 57.8 Å². The molecule has 0 spiro atoms. The first-order chi connectivity index (χ1) is 23.6. The van der Waals surface area contributed by atoms with Gasteiger partial charge in [-0.2, -0.15) is 0 Å². The number of carbonyl (C=O) groups is 2. The lowest BCUT2D eigenvalue weighted by Crippen LogP contribution is -2.28. The first-order valence-electron chi connectivity index (χ1n) is 19.5. The van der Waals surface area contributed by atoms with Crippen molar-refractivity contribution in [2.45, 2.75) is 174 Å². The first-order valence-corrected chi connectivity index (χ1v) is 19.5. The van der Waals surface area contributed by atoms with Crippen LogP contribution in [0.5, 0.6) is 0 Å². The average molecular weight is 669 g/mol. The number of hydrogen-bond acceptors (Lipinski definition) is 5. The van der Waals surface area contributed by atoms with Crippen LogP contribution in [0.15, 0.2) is 72.9 Å². The van der Waals surface area contributed by atoms with Gasteiger partial charge in [0.25, 0.3) is 0 Å². The Morgan fingerprint density at radius 1 is 0.500 bits per heavy atom. The molecule has 5 nitrogen and oxygen atoms in total. The molecule has 0 amide bonds. The molecule has 0 saturated carbocycles. The maximum atomic E-state index is 12.2. The third kappa shape index (κ3) is 36.2. The van der Waals surface area contributed by atoms with Crippen LogP contribution in [0.25, 0.3) is 0 Å². The summed E-state index contributed by atoms with van der Waals surface area (Å²) in [6.45, 7) is 3.97. The third-order valence-corrected chi connectivity index (χ3v) is 7.98. The van der Waals surface area contributed by atoms with E-state index in [0.717, 1.165) is 83.5 Å². The van der Waals surface area contributed by atoms with Gasteiger partial charge in [0.15, 0.2) is 6.10 Å². The summed E-state index contributed by atoms with van der Waals surface area (Å²) in [5.41, 5.74) is 0. The van der Waals surface area contributed by atoms with Gasteiger partial charge in [-0.3, -0.25) is 9.59 Å². The number of aliphatic hydroxyl groups excluding tert-OH is 1. The molecule has 0 aromatic rings. The molecular formula is C43H72O5. The van der Waals surface area contributed by atoms with Gasteiger partial charge in [0.1, 0.15) is 6.61 Å². The molecule has 0 rings (SSSR count). The third-order valence-electron chi connectivity index (χ3n) is 7.98. The Labute approximate surface area is 295 Å². The molecule has 0 aliphatic heterocycles. The topological polar surface area (TPSA) is 72.8 Å². The molecule has 0 heterocycles. The zero-order valence-corrected chi connectivity index (χ0v) is 31.0. The van der Waals surface area contributed by atoms with Crippen LogP contribution in [-0.4, -0.2) is 36.4 Å². The van der Waals surface area contributed by atoms with Gasteiger partial charge in [0, 0.05) is 12.8 Å². The Balaban J connectivity index is 3.67. The summed E-state index contributed by atoms with van der Waals surface area (Å²) in [7, 11) is 0. The highest BCUT2D eigenvalue weighted by atomic mass is 16.6. The summed E-state index contributed by atoms with van der Waals surface area (Å²) in [4.78, 5) is 24.2. The van der Waals surface area contributed by atoms with Gasteiger partial charge in [-0.25, -0.2) is 0 Å². The predicted octanol–water partition coefficient (Wildman–Crippen LogP) is 12.2. The number of esters is 2. The van der Waals surface area contributed by atoms with Crippen molar-refractivity contribution in [3.8, 4) is 0 Å². The van der Waals surface area contributed by atoms with Gasteiger partial charge >= 0.3 is 11.9 Å². The molecule has 0 radical (unpaired) electrons. The molecule has 48 heavy (non-hydrogen) atoms. The molecule has 0 fully saturated rings. The molecule has 0 bridgehead atoms. The Bertz CT molecular complexity index is 895. The van der Waals surface area contributed by atoms with E-state index in [-0.39, 0.29) is 25.2 Å². The van der Waals surface area contributed by atoms with Crippen LogP contribution in [0, 0.1) is 0 Å². The van der Waals surface area contributed by atoms with Gasteiger partial charge in [-0.15, -0.1) is 0 Å². The van der Waals surface area contributed by atoms with Crippen molar-refractivity contribution in [2.75, 3.05) is 13.2 Å². The minimum absolute atomic E-state index is 0.0871. The fraction of sp³-hybridized carbons (Fsp3) is 0.674. The fourth-order valence-corrected chi connectivity index (χ4v) is 5.04. The summed E-state index contributed by atoms with van der Waals surface area (Å²) < 4.78 is 10.6. The lowest BCUT2D eigenvalue weighted by atomic mass is 10.1. The zero-order chi connectivity index (χ0) is 35.0. The SMILES string of the molecule is CCC=CCC=CCC=CCC=CCC=CCCCCCC(=O)OC(CO)COC(=O)CCCCCCCC=CCCCCCCCC. The highest BCUT2D eigenvalue weighted by Crippen LogP contribution is 2.11. The largest absolute Gasteiger partial charge is 0.462 e. The molecule has 1 N–H and O–H groups in total. The van der Waals surface area contributed by atoms with Crippen molar-refractivity contribution in [3.05, 3.63) is 72.9 Å². The molecule has 0 saturated heterocycles. The second kappa shape index (κ2) is 38.8. The molecule has 1 unspecified atom stereocenters. The van der Waals surface area contributed by atoms with E-state index in [0.29, 0.717) is 12.8 Å². The van der Waals surface area contributed by atoms with Crippen LogP contribution in [0.2, 0.25) is 0 Å². The van der Waals surface area contributed by atoms with Crippen LogP contribution < -0.4 is 0 Å². The summed E-state index contributed by atoms with van der Waals surface area (Å²) in [5.74, 6) is -0.644. The number of carbonyl (C=O) groups excluding carboxylic acids is 2.